The van der Waals surface area contributed by atoms with Gasteiger partial charge in [-0.25, -0.2) is 4.98 Å². The van der Waals surface area contributed by atoms with Crippen LogP contribution in [0, 0.1) is 5.92 Å². The molecule has 0 aliphatic carbocycles. The summed E-state index contributed by atoms with van der Waals surface area (Å²) >= 11 is 0. The molecule has 2 aliphatic heterocycles. The van der Waals surface area contributed by atoms with Crippen LogP contribution in [0.15, 0.2) is 60.7 Å². The van der Waals surface area contributed by atoms with E-state index in [4.69, 9.17) is 14.2 Å². The van der Waals surface area contributed by atoms with Crippen LogP contribution in [-0.4, -0.2) is 57.1 Å². The number of aliphatic hydroxyl groups excluding tert-OH is 1. The molecular weight excluding hydrogens is 534 g/mol. The maximum absolute atomic E-state index is 13.6. The number of likely N-dealkylation sites (tertiary alicyclic amines) is 1. The van der Waals surface area contributed by atoms with E-state index < -0.39 is 17.7 Å². The molecule has 1 N–H and O–H groups in total. The van der Waals surface area contributed by atoms with E-state index in [0.29, 0.717) is 67.7 Å². The molecule has 9 heteroatoms. The van der Waals surface area contributed by atoms with E-state index in [1.165, 1.54) is 0 Å². The largest absolute Gasteiger partial charge is 0.507 e. The molecule has 1 fully saturated rings. The second-order valence-corrected chi connectivity index (χ2v) is 11.3. The van der Waals surface area contributed by atoms with Gasteiger partial charge < -0.3 is 28.8 Å². The molecule has 0 radical (unpaired) electrons. The molecule has 222 valence electrons. The zero-order valence-corrected chi connectivity index (χ0v) is 24.7. The number of imidazole rings is 1. The van der Waals surface area contributed by atoms with Gasteiger partial charge in [0.25, 0.3) is 11.7 Å². The number of aromatic nitrogens is 2. The lowest BCUT2D eigenvalue weighted by atomic mass is 9.94. The van der Waals surface area contributed by atoms with Crippen LogP contribution in [0.5, 0.6) is 17.2 Å². The molecule has 0 bridgehead atoms. The van der Waals surface area contributed by atoms with Crippen molar-refractivity contribution in [1.29, 1.82) is 0 Å². The number of hydrogen-bond donors (Lipinski definition) is 1. The van der Waals surface area contributed by atoms with Gasteiger partial charge in [-0.15, -0.1) is 0 Å². The Morgan fingerprint density at radius 2 is 1.95 bits per heavy atom. The number of ether oxygens (including phenoxy) is 3. The number of fused-ring (bicyclic) bond motifs is 1. The summed E-state index contributed by atoms with van der Waals surface area (Å²) < 4.78 is 19.7. The van der Waals surface area contributed by atoms with Gasteiger partial charge in [-0.1, -0.05) is 19.9 Å². The number of hydrogen-bond acceptors (Lipinski definition) is 7. The maximum Gasteiger partial charge on any atom is 0.295 e. The van der Waals surface area contributed by atoms with Crippen LogP contribution in [0.2, 0.25) is 0 Å². The summed E-state index contributed by atoms with van der Waals surface area (Å²) in [5.74, 6) is 0.854. The summed E-state index contributed by atoms with van der Waals surface area (Å²) in [6, 6.07) is 10.1. The Labute approximate surface area is 246 Å². The van der Waals surface area contributed by atoms with Crippen molar-refractivity contribution in [2.24, 2.45) is 5.92 Å². The predicted octanol–water partition coefficient (Wildman–Crippen LogP) is 5.54. The number of benzene rings is 2. The first-order valence-corrected chi connectivity index (χ1v) is 14.7. The highest BCUT2D eigenvalue weighted by molar-refractivity contribution is 6.46. The van der Waals surface area contributed by atoms with Crippen LogP contribution in [0.4, 0.5) is 0 Å². The van der Waals surface area contributed by atoms with Crippen LogP contribution in [0.25, 0.3) is 5.76 Å². The van der Waals surface area contributed by atoms with Gasteiger partial charge in [0, 0.05) is 37.5 Å². The topological polar surface area (TPSA) is 103 Å². The van der Waals surface area contributed by atoms with Crippen molar-refractivity contribution in [3.63, 3.8) is 0 Å². The molecule has 2 aliphatic rings. The minimum atomic E-state index is -0.792. The third-order valence-corrected chi connectivity index (χ3v) is 7.62. The molecule has 42 heavy (non-hydrogen) atoms. The molecular formula is C33H39N3O6. The van der Waals surface area contributed by atoms with E-state index in [1.807, 2.05) is 48.9 Å². The molecule has 2 aromatic carbocycles. The maximum atomic E-state index is 13.6. The Balaban J connectivity index is 1.53. The number of carbonyl (C=O) groups is 2. The molecule has 0 spiro atoms. The van der Waals surface area contributed by atoms with E-state index in [1.54, 1.807) is 29.6 Å². The van der Waals surface area contributed by atoms with Crippen molar-refractivity contribution >= 4 is 17.4 Å². The van der Waals surface area contributed by atoms with E-state index in [2.05, 4.69) is 18.8 Å². The van der Waals surface area contributed by atoms with Gasteiger partial charge >= 0.3 is 0 Å². The second kappa shape index (κ2) is 12.7. The number of amides is 1. The molecule has 2 atom stereocenters. The Morgan fingerprint density at radius 1 is 1.12 bits per heavy atom. The third-order valence-electron chi connectivity index (χ3n) is 7.62. The lowest BCUT2D eigenvalue weighted by Gasteiger charge is -2.26. The van der Waals surface area contributed by atoms with Crippen LogP contribution in [-0.2, 0) is 22.6 Å². The number of Topliss-reactive ketones (excluding diaryl/α,β-unsaturated/α-hetero) is 1. The van der Waals surface area contributed by atoms with E-state index in [-0.39, 0.29) is 17.4 Å². The van der Waals surface area contributed by atoms with Crippen molar-refractivity contribution in [3.05, 3.63) is 77.4 Å². The Bertz CT molecular complexity index is 1460. The minimum absolute atomic E-state index is 0.0386. The average molecular weight is 574 g/mol. The first-order valence-electron chi connectivity index (χ1n) is 14.7. The Hall–Kier alpha value is -4.27. The fourth-order valence-corrected chi connectivity index (χ4v) is 5.51. The molecule has 5 rings (SSSR count). The first-order chi connectivity index (χ1) is 20.3. The first kappa shape index (κ1) is 29.2. The summed E-state index contributed by atoms with van der Waals surface area (Å²) in [4.78, 5) is 32.7. The number of nitrogens with zero attached hydrogens (tertiary/aromatic N) is 3. The molecule has 9 nitrogen and oxygen atoms in total. The Kier molecular flexibility index (Phi) is 8.85. The number of aliphatic hydroxyl groups is 1. The molecule has 3 heterocycles. The van der Waals surface area contributed by atoms with Gasteiger partial charge in [-0.05, 0) is 74.1 Å². The number of carbonyl (C=O) groups excluding carboxylic acids is 2. The predicted molar refractivity (Wildman–Crippen MR) is 159 cm³/mol. The Morgan fingerprint density at radius 3 is 2.69 bits per heavy atom. The SMILES string of the molecule is CCOc1cc([C@@H]2/C(=C(\O)c3ccc4c(c3)C[C@H](C)O4)C(=O)C(=O)N2CCCn2ccnc2)ccc1OCCC(C)C. The minimum Gasteiger partial charge on any atom is -0.507 e. The fraction of sp³-hybridized carbons (Fsp3) is 0.424. The summed E-state index contributed by atoms with van der Waals surface area (Å²) in [7, 11) is 0. The summed E-state index contributed by atoms with van der Waals surface area (Å²) in [5.41, 5.74) is 2.16. The summed E-state index contributed by atoms with van der Waals surface area (Å²) in [6.07, 6.45) is 7.52. The third kappa shape index (κ3) is 6.15. The monoisotopic (exact) mass is 573 g/mol. The van der Waals surface area contributed by atoms with Gasteiger partial charge in [0.05, 0.1) is 31.2 Å². The highest BCUT2D eigenvalue weighted by Crippen LogP contribution is 2.43. The highest BCUT2D eigenvalue weighted by Gasteiger charge is 2.46. The van der Waals surface area contributed by atoms with Gasteiger partial charge in [0.1, 0.15) is 17.6 Å². The quantitative estimate of drug-likeness (QED) is 0.172. The molecule has 0 saturated carbocycles. The van der Waals surface area contributed by atoms with Crippen LogP contribution >= 0.6 is 0 Å². The van der Waals surface area contributed by atoms with Crippen LogP contribution in [0.3, 0.4) is 0 Å². The smallest absolute Gasteiger partial charge is 0.295 e. The van der Waals surface area contributed by atoms with Crippen LogP contribution < -0.4 is 14.2 Å². The van der Waals surface area contributed by atoms with Gasteiger partial charge in [0.2, 0.25) is 0 Å². The number of rotatable bonds is 12. The van der Waals surface area contributed by atoms with Crippen molar-refractivity contribution < 1.29 is 28.9 Å². The zero-order chi connectivity index (χ0) is 29.8. The summed E-state index contributed by atoms with van der Waals surface area (Å²) in [5, 5.41) is 11.6. The highest BCUT2D eigenvalue weighted by atomic mass is 16.5. The normalized spacial score (nSPS) is 19.3. The van der Waals surface area contributed by atoms with Crippen molar-refractivity contribution in [3.8, 4) is 17.2 Å². The molecule has 1 aromatic heterocycles. The standard InChI is InChI=1S/C33H39N3O6/c1-5-40-28-19-23(7-10-27(28)41-16-11-21(2)3)30-29(31(37)24-8-9-26-25(18-24)17-22(4)42-26)32(38)33(39)36(30)14-6-13-35-15-12-34-20-35/h7-10,12,15,18-22,30,37H,5-6,11,13-14,16-17H2,1-4H3/b31-29+/t22-,30+/m0/s1. The van der Waals surface area contributed by atoms with E-state index in [0.717, 1.165) is 17.7 Å². The van der Waals surface area contributed by atoms with Gasteiger partial charge in [0.15, 0.2) is 11.5 Å². The second-order valence-electron chi connectivity index (χ2n) is 11.3. The lowest BCUT2D eigenvalue weighted by molar-refractivity contribution is -0.139. The van der Waals surface area contributed by atoms with E-state index >= 15 is 0 Å². The van der Waals surface area contributed by atoms with Crippen molar-refractivity contribution in [1.82, 2.24) is 14.5 Å². The molecule has 3 aromatic rings. The summed E-state index contributed by atoms with van der Waals surface area (Å²) in [6.45, 7) is 10.1. The molecule has 1 saturated heterocycles. The molecule has 0 unspecified atom stereocenters. The van der Waals surface area contributed by atoms with Gasteiger partial charge in [-0.2, -0.15) is 0 Å². The fourth-order valence-electron chi connectivity index (χ4n) is 5.51. The number of aryl methyl sites for hydroxylation is 1. The average Bonchev–Trinajstić information content (AvgIpc) is 3.67. The van der Waals surface area contributed by atoms with Crippen molar-refractivity contribution in [2.75, 3.05) is 19.8 Å². The molecule has 1 amide bonds. The van der Waals surface area contributed by atoms with Crippen LogP contribution in [0.1, 0.15) is 63.3 Å². The zero-order valence-electron chi connectivity index (χ0n) is 24.7. The lowest BCUT2D eigenvalue weighted by Crippen LogP contribution is -2.31. The van der Waals surface area contributed by atoms with Crippen molar-refractivity contribution in [2.45, 2.75) is 65.6 Å². The van der Waals surface area contributed by atoms with Gasteiger partial charge in [-0.3, -0.25) is 9.59 Å². The number of ketones is 1. The van der Waals surface area contributed by atoms with E-state index in [9.17, 15) is 14.7 Å².